The van der Waals surface area contributed by atoms with Crippen molar-refractivity contribution in [2.24, 2.45) is 5.41 Å². The Morgan fingerprint density at radius 1 is 1.14 bits per heavy atom. The van der Waals surface area contributed by atoms with Gasteiger partial charge in [0.2, 0.25) is 0 Å². The predicted octanol–water partition coefficient (Wildman–Crippen LogP) is 4.27. The maximum Gasteiger partial charge on any atom is 0.329 e. The van der Waals surface area contributed by atoms with Gasteiger partial charge in [-0.3, -0.25) is 14.6 Å². The van der Waals surface area contributed by atoms with E-state index in [1.165, 1.54) is 18.5 Å². The molecule has 1 aromatic heterocycles. The number of carboxylic acid groups (broad SMARTS) is 1. The van der Waals surface area contributed by atoms with Crippen LogP contribution >= 0.6 is 23.2 Å². The Bertz CT molecular complexity index is 1170. The molecule has 2 aliphatic rings. The molecule has 1 amide bonds. The number of carbonyl (C=O) groups excluding carboxylic acids is 2. The predicted molar refractivity (Wildman–Crippen MR) is 132 cm³/mol. The summed E-state index contributed by atoms with van der Waals surface area (Å²) in [4.78, 5) is 41.3. The third-order valence-electron chi connectivity index (χ3n) is 6.79. The molecule has 2 aromatic rings. The van der Waals surface area contributed by atoms with E-state index in [4.69, 9.17) is 27.9 Å². The largest absolute Gasteiger partial charge is 0.479 e. The topological polar surface area (TPSA) is 118 Å². The van der Waals surface area contributed by atoms with E-state index in [1.54, 1.807) is 31.2 Å². The zero-order chi connectivity index (χ0) is 25.2. The number of amides is 1. The van der Waals surface area contributed by atoms with Gasteiger partial charge in [0.15, 0.2) is 5.78 Å². The molecule has 184 valence electrons. The van der Waals surface area contributed by atoms with Crippen LogP contribution in [0.1, 0.15) is 42.1 Å². The van der Waals surface area contributed by atoms with Gasteiger partial charge in [0.25, 0.3) is 5.91 Å². The molecule has 0 saturated carbocycles. The van der Waals surface area contributed by atoms with Crippen molar-refractivity contribution in [3.63, 3.8) is 0 Å². The van der Waals surface area contributed by atoms with Gasteiger partial charge in [-0.15, -0.1) is 0 Å². The summed E-state index contributed by atoms with van der Waals surface area (Å²) in [5, 5.41) is 16.4. The SMILES string of the molecule is CC[C@@](Cc1ccc(NC(=O)c2c(Cl)cncc2Cl)cc1)(NC1=CC(=O)C12CCOCC2)C(=O)O. The van der Waals surface area contributed by atoms with Gasteiger partial charge in [-0.1, -0.05) is 42.3 Å². The third kappa shape index (κ3) is 4.78. The first-order valence-corrected chi connectivity index (χ1v) is 12.0. The minimum absolute atomic E-state index is 0.0215. The van der Waals surface area contributed by atoms with Crippen LogP contribution in [0.25, 0.3) is 0 Å². The molecule has 0 unspecified atom stereocenters. The van der Waals surface area contributed by atoms with E-state index in [9.17, 15) is 19.5 Å². The Morgan fingerprint density at radius 2 is 1.77 bits per heavy atom. The van der Waals surface area contributed by atoms with Crippen LogP contribution in [-0.2, 0) is 20.7 Å². The van der Waals surface area contributed by atoms with E-state index in [-0.39, 0.29) is 27.8 Å². The first-order chi connectivity index (χ1) is 16.7. The summed E-state index contributed by atoms with van der Waals surface area (Å²) in [5.74, 6) is -1.45. The average molecular weight is 518 g/mol. The van der Waals surface area contributed by atoms with Crippen LogP contribution in [-0.4, -0.2) is 46.5 Å². The van der Waals surface area contributed by atoms with E-state index in [1.807, 2.05) is 0 Å². The van der Waals surface area contributed by atoms with Gasteiger partial charge in [0.1, 0.15) is 5.54 Å². The van der Waals surface area contributed by atoms with Crippen molar-refractivity contribution in [1.29, 1.82) is 0 Å². The molecule has 1 aliphatic carbocycles. The number of ketones is 1. The Kier molecular flexibility index (Phi) is 7.17. The molecule has 1 spiro atoms. The molecule has 1 fully saturated rings. The zero-order valence-electron chi connectivity index (χ0n) is 19.1. The van der Waals surface area contributed by atoms with Crippen LogP contribution in [0, 0.1) is 5.41 Å². The van der Waals surface area contributed by atoms with Crippen LogP contribution in [0.5, 0.6) is 0 Å². The van der Waals surface area contributed by atoms with Crippen molar-refractivity contribution in [2.75, 3.05) is 18.5 Å². The number of ether oxygens (including phenoxy) is 1. The van der Waals surface area contributed by atoms with E-state index >= 15 is 0 Å². The summed E-state index contributed by atoms with van der Waals surface area (Å²) in [6, 6.07) is 6.88. The number of carboxylic acids is 1. The summed E-state index contributed by atoms with van der Waals surface area (Å²) in [6.07, 6.45) is 5.76. The highest BCUT2D eigenvalue weighted by Gasteiger charge is 2.52. The highest BCUT2D eigenvalue weighted by atomic mass is 35.5. The number of hydrogen-bond donors (Lipinski definition) is 3. The number of aromatic nitrogens is 1. The second-order valence-corrected chi connectivity index (χ2v) is 9.60. The maximum atomic E-state index is 12.6. The van der Waals surface area contributed by atoms with Crippen molar-refractivity contribution < 1.29 is 24.2 Å². The minimum Gasteiger partial charge on any atom is -0.479 e. The molecular formula is C25H25Cl2N3O5. The van der Waals surface area contributed by atoms with Crippen LogP contribution in [0.15, 0.2) is 48.4 Å². The molecule has 3 N–H and O–H groups in total. The highest BCUT2D eigenvalue weighted by Crippen LogP contribution is 2.46. The quantitative estimate of drug-likeness (QED) is 0.478. The summed E-state index contributed by atoms with van der Waals surface area (Å²) in [5.41, 5.74) is 0.0924. The van der Waals surface area contributed by atoms with Gasteiger partial charge in [-0.05, 0) is 37.0 Å². The van der Waals surface area contributed by atoms with Crippen LogP contribution in [0.3, 0.4) is 0 Å². The lowest BCUT2D eigenvalue weighted by Gasteiger charge is -2.46. The number of rotatable bonds is 8. The van der Waals surface area contributed by atoms with Gasteiger partial charge < -0.3 is 20.5 Å². The number of nitrogens with one attached hydrogen (secondary N) is 2. The van der Waals surface area contributed by atoms with Crippen LogP contribution in [0.4, 0.5) is 5.69 Å². The van der Waals surface area contributed by atoms with Crippen molar-refractivity contribution in [2.45, 2.75) is 38.1 Å². The summed E-state index contributed by atoms with van der Waals surface area (Å²) < 4.78 is 5.41. The molecule has 1 saturated heterocycles. The van der Waals surface area contributed by atoms with Crippen LogP contribution in [0.2, 0.25) is 10.0 Å². The zero-order valence-corrected chi connectivity index (χ0v) is 20.6. The fourth-order valence-corrected chi connectivity index (χ4v) is 5.06. The average Bonchev–Trinajstić information content (AvgIpc) is 2.84. The second-order valence-electron chi connectivity index (χ2n) is 8.79. The van der Waals surface area contributed by atoms with Crippen molar-refractivity contribution in [1.82, 2.24) is 10.3 Å². The summed E-state index contributed by atoms with van der Waals surface area (Å²) >= 11 is 12.1. The molecule has 10 heteroatoms. The number of aliphatic carboxylic acids is 1. The van der Waals surface area contributed by atoms with E-state index in [0.29, 0.717) is 43.9 Å². The minimum atomic E-state index is -1.29. The van der Waals surface area contributed by atoms with Crippen molar-refractivity contribution in [3.05, 3.63) is 69.6 Å². The Labute approximate surface area is 212 Å². The van der Waals surface area contributed by atoms with Gasteiger partial charge in [-0.2, -0.15) is 0 Å². The number of hydrogen-bond acceptors (Lipinski definition) is 6. The molecule has 8 nitrogen and oxygen atoms in total. The molecule has 35 heavy (non-hydrogen) atoms. The number of halogens is 2. The van der Waals surface area contributed by atoms with Gasteiger partial charge in [0, 0.05) is 49.5 Å². The van der Waals surface area contributed by atoms with Gasteiger partial charge in [0.05, 0.1) is 21.0 Å². The fraction of sp³-hybridized carbons (Fsp3) is 0.360. The first kappa shape index (κ1) is 25.2. The standard InChI is InChI=1S/C25H25Cl2N3O5/c1-2-25(23(33)34,30-19-11-20(31)24(19)7-9-35-10-8-24)12-15-3-5-16(6-4-15)29-22(32)21-17(26)13-28-14-18(21)27/h3-6,11,13-14,30H,2,7-10,12H2,1H3,(H,29,32)(H,33,34)/t25-/m0/s1. The molecule has 0 radical (unpaired) electrons. The number of nitrogens with zero attached hydrogens (tertiary/aromatic N) is 1. The molecule has 1 aromatic carbocycles. The Morgan fingerprint density at radius 3 is 2.31 bits per heavy atom. The Balaban J connectivity index is 1.50. The normalized spacial score (nSPS) is 18.3. The van der Waals surface area contributed by atoms with Crippen LogP contribution < -0.4 is 10.6 Å². The molecule has 0 bridgehead atoms. The van der Waals surface area contributed by atoms with E-state index < -0.39 is 22.8 Å². The number of benzene rings is 1. The number of pyridine rings is 1. The molecule has 4 rings (SSSR count). The molecule has 1 aliphatic heterocycles. The van der Waals surface area contributed by atoms with Crippen molar-refractivity contribution >= 4 is 46.5 Å². The third-order valence-corrected chi connectivity index (χ3v) is 7.37. The monoisotopic (exact) mass is 517 g/mol. The van der Waals surface area contributed by atoms with Gasteiger partial charge >= 0.3 is 5.97 Å². The maximum absolute atomic E-state index is 12.6. The molecular weight excluding hydrogens is 493 g/mol. The second kappa shape index (κ2) is 9.97. The molecule has 1 atom stereocenters. The van der Waals surface area contributed by atoms with Gasteiger partial charge in [-0.25, -0.2) is 4.79 Å². The van der Waals surface area contributed by atoms with E-state index in [0.717, 1.165) is 5.56 Å². The number of allylic oxidation sites excluding steroid dienone is 2. The lowest BCUT2D eigenvalue weighted by atomic mass is 9.65. The van der Waals surface area contributed by atoms with Crippen molar-refractivity contribution in [3.8, 4) is 0 Å². The highest BCUT2D eigenvalue weighted by molar-refractivity contribution is 6.40. The summed E-state index contributed by atoms with van der Waals surface area (Å²) in [6.45, 7) is 2.75. The number of anilines is 1. The fourth-order valence-electron chi connectivity index (χ4n) is 4.53. The van der Waals surface area contributed by atoms with E-state index in [2.05, 4.69) is 15.6 Å². The Hall–Kier alpha value is -2.94. The lowest BCUT2D eigenvalue weighted by molar-refractivity contribution is -0.146. The first-order valence-electron chi connectivity index (χ1n) is 11.3. The lowest BCUT2D eigenvalue weighted by Crippen LogP contribution is -2.59. The molecule has 2 heterocycles. The number of carbonyl (C=O) groups is 3. The smallest absolute Gasteiger partial charge is 0.329 e. The summed E-state index contributed by atoms with van der Waals surface area (Å²) in [7, 11) is 0.